The molecule has 96 valence electrons. The first kappa shape index (κ1) is 16.5. The molecule has 0 aliphatic heterocycles. The second-order valence-electron chi connectivity index (χ2n) is 4.27. The Labute approximate surface area is 117 Å². The smallest absolute Gasteiger partial charge is 0.254 e. The number of carbonyl (C=O) groups is 1. The van der Waals surface area contributed by atoms with E-state index in [1.54, 1.807) is 18.2 Å². The summed E-state index contributed by atoms with van der Waals surface area (Å²) >= 11 is 11.8. The number of halogens is 3. The molecule has 0 heterocycles. The summed E-state index contributed by atoms with van der Waals surface area (Å²) in [6.45, 7) is 4.00. The van der Waals surface area contributed by atoms with E-state index < -0.39 is 5.54 Å². The SMILES string of the molecule is CC(C)(N)CNC(=O)c1c(Cl)cccc1Cl.Cl. The van der Waals surface area contributed by atoms with E-state index in [1.165, 1.54) is 0 Å². The van der Waals surface area contributed by atoms with Crippen LogP contribution in [-0.4, -0.2) is 18.0 Å². The summed E-state index contributed by atoms with van der Waals surface area (Å²) in [6, 6.07) is 4.93. The number of nitrogens with two attached hydrogens (primary N) is 1. The van der Waals surface area contributed by atoms with Crippen LogP contribution in [0.25, 0.3) is 0 Å². The molecule has 0 saturated carbocycles. The van der Waals surface area contributed by atoms with Crippen molar-refractivity contribution >= 4 is 41.5 Å². The molecule has 0 aliphatic carbocycles. The Kier molecular flexibility index (Phi) is 6.27. The Hall–Kier alpha value is -0.480. The average molecular weight is 298 g/mol. The van der Waals surface area contributed by atoms with Crippen LogP contribution in [0.3, 0.4) is 0 Å². The molecule has 0 aliphatic rings. The summed E-state index contributed by atoms with van der Waals surface area (Å²) in [5.41, 5.74) is 5.58. The first-order chi connectivity index (χ1) is 7.31. The molecule has 0 atom stereocenters. The Morgan fingerprint density at radius 1 is 1.35 bits per heavy atom. The summed E-state index contributed by atoms with van der Waals surface area (Å²) in [6.07, 6.45) is 0. The molecule has 0 saturated heterocycles. The van der Waals surface area contributed by atoms with Crippen LogP contribution in [0.5, 0.6) is 0 Å². The summed E-state index contributed by atoms with van der Waals surface area (Å²) in [5, 5.41) is 3.35. The monoisotopic (exact) mass is 296 g/mol. The number of hydrogen-bond acceptors (Lipinski definition) is 2. The van der Waals surface area contributed by atoms with E-state index in [4.69, 9.17) is 28.9 Å². The van der Waals surface area contributed by atoms with Crippen LogP contribution >= 0.6 is 35.6 Å². The van der Waals surface area contributed by atoms with E-state index in [1.807, 2.05) is 13.8 Å². The normalized spacial score (nSPS) is 10.6. The molecular weight excluding hydrogens is 282 g/mol. The van der Waals surface area contributed by atoms with E-state index in [0.29, 0.717) is 16.6 Å². The molecule has 0 radical (unpaired) electrons. The third-order valence-electron chi connectivity index (χ3n) is 1.89. The highest BCUT2D eigenvalue weighted by molar-refractivity contribution is 6.39. The zero-order valence-electron chi connectivity index (χ0n) is 9.59. The number of amides is 1. The topological polar surface area (TPSA) is 55.1 Å². The van der Waals surface area contributed by atoms with Crippen molar-refractivity contribution in [2.45, 2.75) is 19.4 Å². The van der Waals surface area contributed by atoms with Crippen molar-refractivity contribution in [3.63, 3.8) is 0 Å². The molecule has 0 aromatic heterocycles. The standard InChI is InChI=1S/C11H14Cl2N2O.ClH/c1-11(2,14)6-15-10(16)9-7(12)4-3-5-8(9)13;/h3-5H,6,14H2,1-2H3,(H,15,16);1H. The maximum atomic E-state index is 11.8. The minimum Gasteiger partial charge on any atom is -0.350 e. The second kappa shape index (κ2) is 6.45. The molecule has 3 N–H and O–H groups in total. The van der Waals surface area contributed by atoms with Crippen LogP contribution in [0.15, 0.2) is 18.2 Å². The summed E-state index contributed by atoms with van der Waals surface area (Å²) < 4.78 is 0. The highest BCUT2D eigenvalue weighted by atomic mass is 35.5. The van der Waals surface area contributed by atoms with Gasteiger partial charge in [-0.3, -0.25) is 4.79 Å². The highest BCUT2D eigenvalue weighted by Crippen LogP contribution is 2.23. The quantitative estimate of drug-likeness (QED) is 0.901. The van der Waals surface area contributed by atoms with Crippen molar-refractivity contribution in [1.29, 1.82) is 0 Å². The van der Waals surface area contributed by atoms with Gasteiger partial charge in [0.05, 0.1) is 15.6 Å². The minimum absolute atomic E-state index is 0. The van der Waals surface area contributed by atoms with Crippen molar-refractivity contribution in [2.24, 2.45) is 5.73 Å². The first-order valence-corrected chi connectivity index (χ1v) is 5.58. The lowest BCUT2D eigenvalue weighted by Gasteiger charge is -2.19. The lowest BCUT2D eigenvalue weighted by atomic mass is 10.1. The van der Waals surface area contributed by atoms with Gasteiger partial charge in [-0.25, -0.2) is 0 Å². The molecule has 1 rings (SSSR count). The van der Waals surface area contributed by atoms with Gasteiger partial charge < -0.3 is 11.1 Å². The van der Waals surface area contributed by atoms with Crippen molar-refractivity contribution < 1.29 is 4.79 Å². The van der Waals surface area contributed by atoms with Gasteiger partial charge in [0.2, 0.25) is 0 Å². The van der Waals surface area contributed by atoms with Gasteiger partial charge in [0, 0.05) is 12.1 Å². The number of hydrogen-bond donors (Lipinski definition) is 2. The number of nitrogens with one attached hydrogen (secondary N) is 1. The Balaban J connectivity index is 0.00000256. The molecule has 6 heteroatoms. The van der Waals surface area contributed by atoms with Gasteiger partial charge in [0.25, 0.3) is 5.91 Å². The Morgan fingerprint density at radius 3 is 2.24 bits per heavy atom. The molecule has 0 fully saturated rings. The molecule has 3 nitrogen and oxygen atoms in total. The summed E-state index contributed by atoms with van der Waals surface area (Å²) in [7, 11) is 0. The molecule has 0 spiro atoms. The van der Waals surface area contributed by atoms with E-state index >= 15 is 0 Å². The van der Waals surface area contributed by atoms with E-state index in [2.05, 4.69) is 5.32 Å². The summed E-state index contributed by atoms with van der Waals surface area (Å²) in [4.78, 5) is 11.8. The van der Waals surface area contributed by atoms with Gasteiger partial charge in [-0.2, -0.15) is 0 Å². The van der Waals surface area contributed by atoms with Crippen LogP contribution in [-0.2, 0) is 0 Å². The fourth-order valence-corrected chi connectivity index (χ4v) is 1.68. The Morgan fingerprint density at radius 2 is 1.82 bits per heavy atom. The molecule has 0 unspecified atom stereocenters. The zero-order valence-corrected chi connectivity index (χ0v) is 11.9. The van der Waals surface area contributed by atoms with Gasteiger partial charge in [-0.05, 0) is 26.0 Å². The van der Waals surface area contributed by atoms with Crippen LogP contribution in [0.4, 0.5) is 0 Å². The fourth-order valence-electron chi connectivity index (χ4n) is 1.11. The van der Waals surface area contributed by atoms with Crippen LogP contribution in [0.1, 0.15) is 24.2 Å². The maximum Gasteiger partial charge on any atom is 0.254 e. The van der Waals surface area contributed by atoms with Crippen LogP contribution < -0.4 is 11.1 Å². The molecule has 1 aromatic rings. The predicted molar refractivity (Wildman–Crippen MR) is 74.3 cm³/mol. The third-order valence-corrected chi connectivity index (χ3v) is 2.52. The van der Waals surface area contributed by atoms with Gasteiger partial charge in [0.15, 0.2) is 0 Å². The lowest BCUT2D eigenvalue weighted by molar-refractivity contribution is 0.0946. The van der Waals surface area contributed by atoms with Crippen molar-refractivity contribution in [3.05, 3.63) is 33.8 Å². The van der Waals surface area contributed by atoms with Crippen molar-refractivity contribution in [3.8, 4) is 0 Å². The lowest BCUT2D eigenvalue weighted by Crippen LogP contribution is -2.45. The molecule has 17 heavy (non-hydrogen) atoms. The molecule has 1 amide bonds. The molecular formula is C11H15Cl3N2O. The van der Waals surface area contributed by atoms with E-state index in [0.717, 1.165) is 0 Å². The number of benzene rings is 1. The second-order valence-corrected chi connectivity index (χ2v) is 5.08. The zero-order chi connectivity index (χ0) is 12.3. The summed E-state index contributed by atoms with van der Waals surface area (Å²) in [5.74, 6) is -0.311. The van der Waals surface area contributed by atoms with E-state index in [-0.39, 0.29) is 23.9 Å². The van der Waals surface area contributed by atoms with Crippen LogP contribution in [0, 0.1) is 0 Å². The van der Waals surface area contributed by atoms with Gasteiger partial charge >= 0.3 is 0 Å². The highest BCUT2D eigenvalue weighted by Gasteiger charge is 2.17. The van der Waals surface area contributed by atoms with Crippen molar-refractivity contribution in [1.82, 2.24) is 5.32 Å². The molecule has 0 bridgehead atoms. The van der Waals surface area contributed by atoms with Crippen molar-refractivity contribution in [2.75, 3.05) is 6.54 Å². The fraction of sp³-hybridized carbons (Fsp3) is 0.364. The number of rotatable bonds is 3. The largest absolute Gasteiger partial charge is 0.350 e. The first-order valence-electron chi connectivity index (χ1n) is 4.82. The third kappa shape index (κ3) is 5.13. The minimum atomic E-state index is -0.469. The Bertz CT molecular complexity index is 382. The predicted octanol–water partition coefficient (Wildman–Crippen LogP) is 2.88. The van der Waals surface area contributed by atoms with Crippen LogP contribution in [0.2, 0.25) is 10.0 Å². The molecule has 1 aromatic carbocycles. The average Bonchev–Trinajstić information content (AvgIpc) is 2.13. The van der Waals surface area contributed by atoms with E-state index in [9.17, 15) is 4.79 Å². The van der Waals surface area contributed by atoms with Gasteiger partial charge in [0.1, 0.15) is 0 Å². The number of carbonyl (C=O) groups excluding carboxylic acids is 1. The van der Waals surface area contributed by atoms with Gasteiger partial charge in [-0.15, -0.1) is 12.4 Å². The maximum absolute atomic E-state index is 11.8. The van der Waals surface area contributed by atoms with Gasteiger partial charge in [-0.1, -0.05) is 29.3 Å².